The van der Waals surface area contributed by atoms with E-state index in [1.807, 2.05) is 47.9 Å². The lowest BCUT2D eigenvalue weighted by Gasteiger charge is -2.06. The predicted octanol–water partition coefficient (Wildman–Crippen LogP) is 3.16. The Bertz CT molecular complexity index is 808. The molecular formula is C17H16ClN3O. The van der Waals surface area contributed by atoms with Gasteiger partial charge in [0.05, 0.1) is 24.4 Å². The molecular weight excluding hydrogens is 298 g/mol. The summed E-state index contributed by atoms with van der Waals surface area (Å²) in [7, 11) is 0. The number of hydrogen-bond acceptors (Lipinski definition) is 2. The fourth-order valence-electron chi connectivity index (χ4n) is 2.41. The fraction of sp³-hybridized carbons (Fsp3) is 0.176. The first kappa shape index (κ1) is 14.6. The summed E-state index contributed by atoms with van der Waals surface area (Å²) >= 11 is 5.84. The number of fused-ring (bicyclic) bond motifs is 1. The number of imidazole rings is 1. The highest BCUT2D eigenvalue weighted by molar-refractivity contribution is 6.30. The van der Waals surface area contributed by atoms with Crippen molar-refractivity contribution in [1.29, 1.82) is 0 Å². The van der Waals surface area contributed by atoms with Gasteiger partial charge in [-0.05, 0) is 36.8 Å². The van der Waals surface area contributed by atoms with Crippen molar-refractivity contribution in [3.63, 3.8) is 0 Å². The number of nitrogens with one attached hydrogen (secondary N) is 1. The molecule has 0 saturated carbocycles. The lowest BCUT2D eigenvalue weighted by Crippen LogP contribution is -2.25. The largest absolute Gasteiger partial charge is 0.350 e. The Morgan fingerprint density at radius 2 is 2.00 bits per heavy atom. The van der Waals surface area contributed by atoms with Crippen LogP contribution in [0.5, 0.6) is 0 Å². The number of rotatable bonds is 4. The first-order chi connectivity index (χ1) is 10.6. The first-order valence-electron chi connectivity index (χ1n) is 7.07. The van der Waals surface area contributed by atoms with E-state index < -0.39 is 0 Å². The van der Waals surface area contributed by atoms with Gasteiger partial charge in [0.15, 0.2) is 0 Å². The molecule has 0 unspecified atom stereocenters. The van der Waals surface area contributed by atoms with E-state index >= 15 is 0 Å². The average molecular weight is 314 g/mol. The Hall–Kier alpha value is -2.33. The molecule has 2 aromatic heterocycles. The quantitative estimate of drug-likeness (QED) is 0.804. The molecule has 0 radical (unpaired) electrons. The van der Waals surface area contributed by atoms with Gasteiger partial charge in [-0.1, -0.05) is 29.8 Å². The third-order valence-corrected chi connectivity index (χ3v) is 3.81. The highest BCUT2D eigenvalue weighted by Crippen LogP contribution is 2.12. The molecule has 0 bridgehead atoms. The van der Waals surface area contributed by atoms with Gasteiger partial charge in [-0.25, -0.2) is 4.98 Å². The molecule has 3 aromatic rings. The average Bonchev–Trinajstić information content (AvgIpc) is 2.83. The highest BCUT2D eigenvalue weighted by Gasteiger charge is 2.10. The maximum atomic E-state index is 12.1. The normalized spacial score (nSPS) is 10.8. The van der Waals surface area contributed by atoms with E-state index in [9.17, 15) is 4.79 Å². The molecule has 0 fully saturated rings. The molecule has 4 nitrogen and oxygen atoms in total. The lowest BCUT2D eigenvalue weighted by molar-refractivity contribution is -0.120. The second-order valence-corrected chi connectivity index (χ2v) is 5.59. The molecule has 1 aromatic carbocycles. The predicted molar refractivity (Wildman–Crippen MR) is 86.9 cm³/mol. The third-order valence-electron chi connectivity index (χ3n) is 3.56. The molecule has 0 aliphatic heterocycles. The van der Waals surface area contributed by atoms with Gasteiger partial charge in [-0.2, -0.15) is 0 Å². The van der Waals surface area contributed by atoms with Crippen molar-refractivity contribution in [1.82, 2.24) is 14.7 Å². The van der Waals surface area contributed by atoms with E-state index in [2.05, 4.69) is 10.3 Å². The van der Waals surface area contributed by atoms with Crippen molar-refractivity contribution in [2.45, 2.75) is 19.9 Å². The first-order valence-corrected chi connectivity index (χ1v) is 7.45. The van der Waals surface area contributed by atoms with Gasteiger partial charge >= 0.3 is 0 Å². The summed E-state index contributed by atoms with van der Waals surface area (Å²) in [6, 6.07) is 13.2. The zero-order valence-electron chi connectivity index (χ0n) is 12.2. The number of carbonyl (C=O) groups excluding carboxylic acids is 1. The summed E-state index contributed by atoms with van der Waals surface area (Å²) in [5.74, 6) is -0.0207. The molecule has 5 heteroatoms. The highest BCUT2D eigenvalue weighted by atomic mass is 35.5. The number of benzene rings is 1. The van der Waals surface area contributed by atoms with Crippen molar-refractivity contribution in [3.05, 3.63) is 70.6 Å². The van der Waals surface area contributed by atoms with E-state index in [4.69, 9.17) is 11.6 Å². The summed E-state index contributed by atoms with van der Waals surface area (Å²) in [4.78, 5) is 16.5. The van der Waals surface area contributed by atoms with Gasteiger partial charge in [0.25, 0.3) is 0 Å². The topological polar surface area (TPSA) is 46.4 Å². The Labute approximate surface area is 133 Å². The minimum atomic E-state index is -0.0207. The molecule has 22 heavy (non-hydrogen) atoms. The Morgan fingerprint density at radius 3 is 2.77 bits per heavy atom. The number of aromatic nitrogens is 2. The van der Waals surface area contributed by atoms with Crippen molar-refractivity contribution >= 4 is 23.2 Å². The van der Waals surface area contributed by atoms with Gasteiger partial charge in [0.1, 0.15) is 5.65 Å². The molecule has 1 amide bonds. The maximum Gasteiger partial charge on any atom is 0.224 e. The van der Waals surface area contributed by atoms with Crippen molar-refractivity contribution in [2.75, 3.05) is 0 Å². The van der Waals surface area contributed by atoms with E-state index in [0.717, 1.165) is 22.6 Å². The monoisotopic (exact) mass is 313 g/mol. The Kier molecular flexibility index (Phi) is 4.11. The van der Waals surface area contributed by atoms with Crippen LogP contribution in [0.1, 0.15) is 17.0 Å². The van der Waals surface area contributed by atoms with Crippen LogP contribution >= 0.6 is 11.6 Å². The second-order valence-electron chi connectivity index (χ2n) is 5.15. The molecule has 3 rings (SSSR count). The van der Waals surface area contributed by atoms with Crippen LogP contribution in [-0.4, -0.2) is 15.3 Å². The molecule has 0 spiro atoms. The molecule has 2 heterocycles. The minimum Gasteiger partial charge on any atom is -0.350 e. The Morgan fingerprint density at radius 1 is 1.23 bits per heavy atom. The number of hydrogen-bond donors (Lipinski definition) is 1. The maximum absolute atomic E-state index is 12.1. The molecule has 0 atom stereocenters. The lowest BCUT2D eigenvalue weighted by atomic mass is 10.1. The van der Waals surface area contributed by atoms with Crippen LogP contribution < -0.4 is 5.32 Å². The van der Waals surface area contributed by atoms with Gasteiger partial charge in [0, 0.05) is 11.2 Å². The number of halogens is 1. The van der Waals surface area contributed by atoms with Crippen LogP contribution in [0.25, 0.3) is 5.65 Å². The summed E-state index contributed by atoms with van der Waals surface area (Å²) < 4.78 is 2.00. The van der Waals surface area contributed by atoms with Crippen LogP contribution in [0.15, 0.2) is 48.7 Å². The van der Waals surface area contributed by atoms with Gasteiger partial charge in [0.2, 0.25) is 5.91 Å². The number of amides is 1. The van der Waals surface area contributed by atoms with E-state index in [1.165, 1.54) is 0 Å². The summed E-state index contributed by atoms with van der Waals surface area (Å²) in [6.45, 7) is 2.41. The van der Waals surface area contributed by atoms with Crippen LogP contribution in [0, 0.1) is 6.92 Å². The van der Waals surface area contributed by atoms with E-state index in [0.29, 0.717) is 18.0 Å². The van der Waals surface area contributed by atoms with Crippen molar-refractivity contribution < 1.29 is 4.79 Å². The zero-order chi connectivity index (χ0) is 15.5. The smallest absolute Gasteiger partial charge is 0.224 e. The third kappa shape index (κ3) is 3.12. The Balaban J connectivity index is 1.67. The van der Waals surface area contributed by atoms with Crippen molar-refractivity contribution in [2.24, 2.45) is 0 Å². The standard InChI is InChI=1S/C17H16ClN3O/c1-12-15(21-9-3-2-4-16(21)20-12)11-19-17(22)10-13-5-7-14(18)8-6-13/h2-9H,10-11H2,1H3,(H,19,22). The fourth-order valence-corrected chi connectivity index (χ4v) is 2.54. The molecule has 0 aliphatic rings. The summed E-state index contributed by atoms with van der Waals surface area (Å²) in [6.07, 6.45) is 2.29. The molecule has 0 aliphatic carbocycles. The van der Waals surface area contributed by atoms with Gasteiger partial charge < -0.3 is 9.72 Å². The number of pyridine rings is 1. The number of nitrogens with zero attached hydrogens (tertiary/aromatic N) is 2. The van der Waals surface area contributed by atoms with Crippen LogP contribution in [0.2, 0.25) is 5.02 Å². The van der Waals surface area contributed by atoms with Gasteiger partial charge in [-0.15, -0.1) is 0 Å². The van der Waals surface area contributed by atoms with Crippen molar-refractivity contribution in [3.8, 4) is 0 Å². The summed E-state index contributed by atoms with van der Waals surface area (Å²) in [5.41, 5.74) is 3.76. The number of carbonyl (C=O) groups is 1. The summed E-state index contributed by atoms with van der Waals surface area (Å²) in [5, 5.41) is 3.62. The molecule has 112 valence electrons. The number of aryl methyl sites for hydroxylation is 1. The molecule has 0 saturated heterocycles. The van der Waals surface area contributed by atoms with Crippen LogP contribution in [0.4, 0.5) is 0 Å². The van der Waals surface area contributed by atoms with E-state index in [-0.39, 0.29) is 5.91 Å². The molecule has 1 N–H and O–H groups in total. The minimum absolute atomic E-state index is 0.0207. The van der Waals surface area contributed by atoms with Crippen LogP contribution in [-0.2, 0) is 17.8 Å². The van der Waals surface area contributed by atoms with Crippen LogP contribution in [0.3, 0.4) is 0 Å². The van der Waals surface area contributed by atoms with Gasteiger partial charge in [-0.3, -0.25) is 4.79 Å². The SMILES string of the molecule is Cc1nc2ccccn2c1CNC(=O)Cc1ccc(Cl)cc1. The van der Waals surface area contributed by atoms with E-state index in [1.54, 1.807) is 12.1 Å². The second kappa shape index (κ2) is 6.20. The zero-order valence-corrected chi connectivity index (χ0v) is 13.0.